The van der Waals surface area contributed by atoms with Crippen LogP contribution in [0.25, 0.3) is 0 Å². The number of carbonyl (C=O) groups is 1. The van der Waals surface area contributed by atoms with E-state index >= 15 is 0 Å². The van der Waals surface area contributed by atoms with Crippen LogP contribution in [0.5, 0.6) is 5.75 Å². The largest absolute Gasteiger partial charge is 0.497 e. The Hall–Kier alpha value is -3.71. The molecule has 7 heteroatoms. The predicted molar refractivity (Wildman–Crippen MR) is 124 cm³/mol. The Balaban J connectivity index is 1.57. The van der Waals surface area contributed by atoms with Crippen LogP contribution in [0.3, 0.4) is 0 Å². The standard InChI is InChI=1S/C26H26N2O5/c1-33-22-11-7-19(8-12-22)25(15-26(29)30)24-4-2-3-20-17-27(14-13-23(20)24)16-18-5-9-21(10-6-18)28(31)32/h2-12,25H,13-17H2,1H3,(H,29,30). The van der Waals surface area contributed by atoms with Gasteiger partial charge in [0.15, 0.2) is 0 Å². The molecule has 1 aliphatic rings. The van der Waals surface area contributed by atoms with E-state index in [-0.39, 0.29) is 18.0 Å². The maximum atomic E-state index is 11.7. The number of carboxylic acid groups (broad SMARTS) is 1. The minimum atomic E-state index is -0.830. The zero-order chi connectivity index (χ0) is 23.4. The number of carboxylic acids is 1. The first kappa shape index (κ1) is 22.5. The number of aliphatic carboxylic acids is 1. The van der Waals surface area contributed by atoms with Crippen LogP contribution in [0, 0.1) is 10.1 Å². The monoisotopic (exact) mass is 446 g/mol. The lowest BCUT2D eigenvalue weighted by molar-refractivity contribution is -0.384. The fraction of sp³-hybridized carbons (Fsp3) is 0.269. The molecule has 3 aromatic rings. The number of fused-ring (bicyclic) bond motifs is 1. The summed E-state index contributed by atoms with van der Waals surface area (Å²) in [5, 5.41) is 20.5. The van der Waals surface area contributed by atoms with E-state index in [4.69, 9.17) is 4.74 Å². The van der Waals surface area contributed by atoms with Crippen LogP contribution in [0.4, 0.5) is 5.69 Å². The second kappa shape index (κ2) is 9.83. The van der Waals surface area contributed by atoms with Crippen molar-refractivity contribution in [3.63, 3.8) is 0 Å². The molecular formula is C26H26N2O5. The summed E-state index contributed by atoms with van der Waals surface area (Å²) in [4.78, 5) is 24.5. The van der Waals surface area contributed by atoms with Gasteiger partial charge in [0.05, 0.1) is 18.5 Å². The highest BCUT2D eigenvalue weighted by Crippen LogP contribution is 2.35. The molecule has 0 fully saturated rings. The minimum Gasteiger partial charge on any atom is -0.497 e. The number of nitro groups is 1. The maximum absolute atomic E-state index is 11.7. The van der Waals surface area contributed by atoms with Gasteiger partial charge in [-0.2, -0.15) is 0 Å². The normalized spacial score (nSPS) is 14.3. The first-order chi connectivity index (χ1) is 15.9. The Morgan fingerprint density at radius 3 is 2.48 bits per heavy atom. The Labute approximate surface area is 192 Å². The summed E-state index contributed by atoms with van der Waals surface area (Å²) in [6, 6.07) is 20.4. The van der Waals surface area contributed by atoms with Crippen LogP contribution in [0.2, 0.25) is 0 Å². The third-order valence-electron chi connectivity index (χ3n) is 6.21. The molecular weight excluding hydrogens is 420 g/mol. The summed E-state index contributed by atoms with van der Waals surface area (Å²) in [6.07, 6.45) is 0.847. The molecule has 0 saturated heterocycles. The number of non-ortho nitro benzene ring substituents is 1. The number of nitro benzene ring substituents is 1. The van der Waals surface area contributed by atoms with Crippen molar-refractivity contribution in [1.82, 2.24) is 4.90 Å². The van der Waals surface area contributed by atoms with Gasteiger partial charge in [-0.15, -0.1) is 0 Å². The summed E-state index contributed by atoms with van der Waals surface area (Å²) < 4.78 is 5.25. The number of hydrogen-bond donors (Lipinski definition) is 1. The Morgan fingerprint density at radius 2 is 1.85 bits per heavy atom. The highest BCUT2D eigenvalue weighted by Gasteiger charge is 2.25. The first-order valence-corrected chi connectivity index (χ1v) is 10.9. The van der Waals surface area contributed by atoms with Crippen LogP contribution in [0.15, 0.2) is 66.7 Å². The summed E-state index contributed by atoms with van der Waals surface area (Å²) in [5.74, 6) is -0.321. The molecule has 4 rings (SSSR count). The van der Waals surface area contributed by atoms with Crippen molar-refractivity contribution in [2.75, 3.05) is 13.7 Å². The lowest BCUT2D eigenvalue weighted by Gasteiger charge is -2.32. The van der Waals surface area contributed by atoms with E-state index in [9.17, 15) is 20.0 Å². The summed E-state index contributed by atoms with van der Waals surface area (Å²) >= 11 is 0. The SMILES string of the molecule is COc1ccc(C(CC(=O)O)c2cccc3c2CCN(Cc2ccc([N+](=O)[O-])cc2)C3)cc1. The molecule has 0 spiro atoms. The van der Waals surface area contributed by atoms with E-state index < -0.39 is 10.9 Å². The Kier molecular flexibility index (Phi) is 6.70. The van der Waals surface area contributed by atoms with Gasteiger partial charge in [-0.05, 0) is 46.4 Å². The van der Waals surface area contributed by atoms with Gasteiger partial charge in [-0.25, -0.2) is 0 Å². The number of methoxy groups -OCH3 is 1. The molecule has 3 aromatic carbocycles. The van der Waals surface area contributed by atoms with E-state index in [0.29, 0.717) is 6.54 Å². The van der Waals surface area contributed by atoms with E-state index in [1.807, 2.05) is 36.4 Å². The fourth-order valence-electron chi connectivity index (χ4n) is 4.56. The highest BCUT2D eigenvalue weighted by atomic mass is 16.6. The molecule has 33 heavy (non-hydrogen) atoms. The molecule has 0 amide bonds. The fourth-order valence-corrected chi connectivity index (χ4v) is 4.56. The van der Waals surface area contributed by atoms with E-state index in [2.05, 4.69) is 11.0 Å². The molecule has 0 radical (unpaired) electrons. The Morgan fingerprint density at radius 1 is 1.12 bits per heavy atom. The molecule has 1 unspecified atom stereocenters. The molecule has 170 valence electrons. The van der Waals surface area contributed by atoms with E-state index in [0.717, 1.165) is 42.0 Å². The summed E-state index contributed by atoms with van der Waals surface area (Å²) in [5.41, 5.74) is 5.57. The van der Waals surface area contributed by atoms with Gasteiger partial charge in [0.25, 0.3) is 5.69 Å². The van der Waals surface area contributed by atoms with Gasteiger partial charge in [-0.1, -0.05) is 42.5 Å². The number of nitrogens with zero attached hydrogens (tertiary/aromatic N) is 2. The third kappa shape index (κ3) is 5.21. The van der Waals surface area contributed by atoms with Crippen LogP contribution < -0.4 is 4.74 Å². The average Bonchev–Trinajstić information content (AvgIpc) is 2.82. The van der Waals surface area contributed by atoms with E-state index in [1.165, 1.54) is 23.3 Å². The molecule has 0 bridgehead atoms. The summed E-state index contributed by atoms with van der Waals surface area (Å²) in [7, 11) is 1.61. The molecule has 1 heterocycles. The second-order valence-electron chi connectivity index (χ2n) is 8.29. The number of hydrogen-bond acceptors (Lipinski definition) is 5. The first-order valence-electron chi connectivity index (χ1n) is 10.9. The van der Waals surface area contributed by atoms with Crippen molar-refractivity contribution < 1.29 is 19.6 Å². The van der Waals surface area contributed by atoms with Crippen LogP contribution in [0.1, 0.15) is 40.2 Å². The van der Waals surface area contributed by atoms with Crippen molar-refractivity contribution in [2.24, 2.45) is 0 Å². The molecule has 7 nitrogen and oxygen atoms in total. The molecule has 0 saturated carbocycles. The molecule has 1 atom stereocenters. The molecule has 1 N–H and O–H groups in total. The molecule has 1 aliphatic heterocycles. The van der Waals surface area contributed by atoms with Crippen LogP contribution >= 0.6 is 0 Å². The van der Waals surface area contributed by atoms with Gasteiger partial charge >= 0.3 is 5.97 Å². The topological polar surface area (TPSA) is 92.9 Å². The maximum Gasteiger partial charge on any atom is 0.304 e. The smallest absolute Gasteiger partial charge is 0.304 e. The zero-order valence-corrected chi connectivity index (χ0v) is 18.4. The molecule has 0 aliphatic carbocycles. The van der Waals surface area contributed by atoms with Crippen molar-refractivity contribution in [1.29, 1.82) is 0 Å². The lowest BCUT2D eigenvalue weighted by Crippen LogP contribution is -2.31. The van der Waals surface area contributed by atoms with E-state index in [1.54, 1.807) is 19.2 Å². The second-order valence-corrected chi connectivity index (χ2v) is 8.29. The van der Waals surface area contributed by atoms with Crippen LogP contribution in [-0.4, -0.2) is 34.6 Å². The van der Waals surface area contributed by atoms with Crippen molar-refractivity contribution in [2.45, 2.75) is 31.8 Å². The number of benzene rings is 3. The van der Waals surface area contributed by atoms with Gasteiger partial charge in [0.2, 0.25) is 0 Å². The molecule has 0 aromatic heterocycles. The van der Waals surface area contributed by atoms with Gasteiger partial charge in [-0.3, -0.25) is 19.8 Å². The van der Waals surface area contributed by atoms with Crippen molar-refractivity contribution >= 4 is 11.7 Å². The summed E-state index contributed by atoms with van der Waals surface area (Å²) in [6.45, 7) is 2.30. The van der Waals surface area contributed by atoms with Gasteiger partial charge in [0, 0.05) is 37.7 Å². The predicted octanol–water partition coefficient (Wildman–Crippen LogP) is 4.77. The number of rotatable bonds is 8. The zero-order valence-electron chi connectivity index (χ0n) is 18.4. The van der Waals surface area contributed by atoms with Gasteiger partial charge in [0.1, 0.15) is 5.75 Å². The van der Waals surface area contributed by atoms with Gasteiger partial charge < -0.3 is 9.84 Å². The lowest BCUT2D eigenvalue weighted by atomic mass is 9.82. The third-order valence-corrected chi connectivity index (χ3v) is 6.21. The minimum absolute atomic E-state index is 0.0231. The van der Waals surface area contributed by atoms with Crippen molar-refractivity contribution in [3.8, 4) is 5.75 Å². The highest BCUT2D eigenvalue weighted by molar-refractivity contribution is 5.69. The van der Waals surface area contributed by atoms with Crippen molar-refractivity contribution in [3.05, 3.63) is 105 Å². The Bertz CT molecular complexity index is 1140. The quantitative estimate of drug-likeness (QED) is 0.396. The average molecular weight is 447 g/mol. The van der Waals surface area contributed by atoms with Crippen LogP contribution in [-0.2, 0) is 24.3 Å². The number of ether oxygens (including phenoxy) is 1.